The number of benzene rings is 3. The number of halogens is 1. The van der Waals surface area contributed by atoms with E-state index in [1.54, 1.807) is 17.8 Å². The zero-order valence-corrected chi connectivity index (χ0v) is 23.1. The molecule has 0 aliphatic carbocycles. The van der Waals surface area contributed by atoms with Gasteiger partial charge in [-0.25, -0.2) is 4.39 Å². The maximum Gasteiger partial charge on any atom is 0.217 e. The van der Waals surface area contributed by atoms with Crippen LogP contribution in [0.25, 0.3) is 11.1 Å². The standard InChI is InChI=1S/C31H36FNO3S/c1-21(2)24-10-12-26(13-11-24)37-27-14-15-28(29(32)18-27)25-8-6-23(7-9-25)16-17-31(33-22(3)34)19-35-30(4,5)36-20-31/h6-15,18,21H,16-17,19-20H2,1-5H3,(H,33,34). The van der Waals surface area contributed by atoms with Gasteiger partial charge < -0.3 is 14.8 Å². The molecule has 0 spiro atoms. The molecule has 196 valence electrons. The Kier molecular flexibility index (Phi) is 8.42. The molecule has 4 nitrogen and oxygen atoms in total. The molecule has 1 fully saturated rings. The summed E-state index contributed by atoms with van der Waals surface area (Å²) in [5, 5.41) is 3.04. The molecule has 1 N–H and O–H groups in total. The summed E-state index contributed by atoms with van der Waals surface area (Å²) in [6.07, 6.45) is 1.42. The highest BCUT2D eigenvalue weighted by atomic mass is 32.2. The third-order valence-corrected chi connectivity index (χ3v) is 7.71. The van der Waals surface area contributed by atoms with Gasteiger partial charge in [0.15, 0.2) is 5.79 Å². The first kappa shape index (κ1) is 27.4. The highest BCUT2D eigenvalue weighted by molar-refractivity contribution is 7.99. The van der Waals surface area contributed by atoms with E-state index in [9.17, 15) is 4.79 Å². The summed E-state index contributed by atoms with van der Waals surface area (Å²) in [4.78, 5) is 13.8. The fraction of sp³-hybridized carbons (Fsp3) is 0.387. The zero-order valence-electron chi connectivity index (χ0n) is 22.3. The Balaban J connectivity index is 1.40. The van der Waals surface area contributed by atoms with Gasteiger partial charge >= 0.3 is 0 Å². The van der Waals surface area contributed by atoms with Crippen LogP contribution in [-0.4, -0.2) is 30.4 Å². The van der Waals surface area contributed by atoms with Crippen molar-refractivity contribution in [1.82, 2.24) is 5.32 Å². The molecule has 0 atom stereocenters. The van der Waals surface area contributed by atoms with E-state index >= 15 is 4.39 Å². The van der Waals surface area contributed by atoms with Crippen LogP contribution in [0.3, 0.4) is 0 Å². The number of carbonyl (C=O) groups is 1. The van der Waals surface area contributed by atoms with Crippen molar-refractivity contribution in [3.8, 4) is 11.1 Å². The molecule has 3 aromatic carbocycles. The molecule has 4 rings (SSSR count). The maximum absolute atomic E-state index is 15.1. The van der Waals surface area contributed by atoms with Gasteiger partial charge in [0.25, 0.3) is 0 Å². The largest absolute Gasteiger partial charge is 0.348 e. The van der Waals surface area contributed by atoms with Crippen LogP contribution in [0.4, 0.5) is 4.39 Å². The SMILES string of the molecule is CC(=O)NC1(CCc2ccc(-c3ccc(Sc4ccc(C(C)C)cc4)cc3F)cc2)COC(C)(C)OC1. The first-order valence-corrected chi connectivity index (χ1v) is 13.6. The minimum atomic E-state index is -0.653. The van der Waals surface area contributed by atoms with E-state index in [0.717, 1.165) is 27.3 Å². The molecule has 1 aliphatic heterocycles. The van der Waals surface area contributed by atoms with Crippen molar-refractivity contribution in [1.29, 1.82) is 0 Å². The van der Waals surface area contributed by atoms with Gasteiger partial charge in [0.2, 0.25) is 5.91 Å². The predicted octanol–water partition coefficient (Wildman–Crippen LogP) is 7.36. The second-order valence-electron chi connectivity index (χ2n) is 10.6. The van der Waals surface area contributed by atoms with Crippen LogP contribution < -0.4 is 5.32 Å². The number of hydrogen-bond acceptors (Lipinski definition) is 4. The highest BCUT2D eigenvalue weighted by Crippen LogP contribution is 2.33. The number of aryl methyl sites for hydroxylation is 1. The molecule has 37 heavy (non-hydrogen) atoms. The van der Waals surface area contributed by atoms with E-state index in [-0.39, 0.29) is 11.7 Å². The van der Waals surface area contributed by atoms with Crippen molar-refractivity contribution in [2.45, 2.75) is 74.5 Å². The fourth-order valence-corrected chi connectivity index (χ4v) is 5.29. The molecule has 0 unspecified atom stereocenters. The molecular formula is C31H36FNO3S. The number of rotatable bonds is 8. The Morgan fingerprint density at radius 1 is 0.973 bits per heavy atom. The van der Waals surface area contributed by atoms with Crippen molar-refractivity contribution in [3.05, 3.63) is 83.7 Å². The van der Waals surface area contributed by atoms with Crippen LogP contribution in [0.5, 0.6) is 0 Å². The van der Waals surface area contributed by atoms with Crippen LogP contribution in [-0.2, 0) is 20.7 Å². The maximum atomic E-state index is 15.1. The Morgan fingerprint density at radius 3 is 2.16 bits per heavy atom. The Labute approximate surface area is 224 Å². The van der Waals surface area contributed by atoms with Crippen molar-refractivity contribution >= 4 is 17.7 Å². The van der Waals surface area contributed by atoms with Gasteiger partial charge in [-0.2, -0.15) is 0 Å². The first-order valence-electron chi connectivity index (χ1n) is 12.8. The van der Waals surface area contributed by atoms with Gasteiger partial charge in [-0.05, 0) is 73.6 Å². The highest BCUT2D eigenvalue weighted by Gasteiger charge is 2.40. The molecule has 1 aliphatic rings. The van der Waals surface area contributed by atoms with Crippen LogP contribution >= 0.6 is 11.8 Å². The average molecular weight is 522 g/mol. The van der Waals surface area contributed by atoms with Crippen molar-refractivity contribution in [2.75, 3.05) is 13.2 Å². The van der Waals surface area contributed by atoms with E-state index in [2.05, 4.69) is 43.4 Å². The van der Waals surface area contributed by atoms with Gasteiger partial charge in [-0.15, -0.1) is 0 Å². The molecule has 1 heterocycles. The molecule has 1 saturated heterocycles. The van der Waals surface area contributed by atoms with Gasteiger partial charge in [-0.1, -0.05) is 68.1 Å². The van der Waals surface area contributed by atoms with Gasteiger partial charge in [-0.3, -0.25) is 4.79 Å². The Hall–Kier alpha value is -2.67. The summed E-state index contributed by atoms with van der Waals surface area (Å²) in [5.41, 5.74) is 3.26. The summed E-state index contributed by atoms with van der Waals surface area (Å²) in [7, 11) is 0. The number of ether oxygens (including phenoxy) is 2. The fourth-order valence-electron chi connectivity index (χ4n) is 4.44. The van der Waals surface area contributed by atoms with Crippen molar-refractivity contribution < 1.29 is 18.7 Å². The van der Waals surface area contributed by atoms with Gasteiger partial charge in [0, 0.05) is 22.3 Å². The second kappa shape index (κ2) is 11.4. The van der Waals surface area contributed by atoms with E-state index < -0.39 is 11.3 Å². The monoisotopic (exact) mass is 521 g/mol. The number of hydrogen-bond donors (Lipinski definition) is 1. The summed E-state index contributed by atoms with van der Waals surface area (Å²) in [6, 6.07) is 21.8. The lowest BCUT2D eigenvalue weighted by Crippen LogP contribution is -2.60. The molecule has 3 aromatic rings. The van der Waals surface area contributed by atoms with Crippen molar-refractivity contribution in [3.63, 3.8) is 0 Å². The third kappa shape index (κ3) is 7.22. The normalized spacial score (nSPS) is 16.5. The molecular weight excluding hydrogens is 485 g/mol. The molecule has 0 bridgehead atoms. The summed E-state index contributed by atoms with van der Waals surface area (Å²) >= 11 is 1.56. The summed E-state index contributed by atoms with van der Waals surface area (Å²) in [5.74, 6) is -0.504. The van der Waals surface area contributed by atoms with E-state index in [4.69, 9.17) is 9.47 Å². The molecule has 0 radical (unpaired) electrons. The predicted molar refractivity (Wildman–Crippen MR) is 147 cm³/mol. The lowest BCUT2D eigenvalue weighted by Gasteiger charge is -2.43. The average Bonchev–Trinajstić information content (AvgIpc) is 2.85. The number of amides is 1. The summed E-state index contributed by atoms with van der Waals surface area (Å²) in [6.45, 7) is 10.4. The third-order valence-electron chi connectivity index (χ3n) is 6.71. The number of carbonyl (C=O) groups excluding carboxylic acids is 1. The van der Waals surface area contributed by atoms with Crippen LogP contribution in [0.15, 0.2) is 76.5 Å². The molecule has 6 heteroatoms. The van der Waals surface area contributed by atoms with E-state index in [1.807, 2.05) is 50.2 Å². The molecule has 1 amide bonds. The molecule has 0 aromatic heterocycles. The quantitative estimate of drug-likeness (QED) is 0.336. The van der Waals surface area contributed by atoms with Crippen LogP contribution in [0, 0.1) is 5.82 Å². The zero-order chi connectivity index (χ0) is 26.6. The van der Waals surface area contributed by atoms with Gasteiger partial charge in [0.05, 0.1) is 18.8 Å². The minimum absolute atomic E-state index is 0.105. The van der Waals surface area contributed by atoms with Crippen LogP contribution in [0.2, 0.25) is 0 Å². The topological polar surface area (TPSA) is 47.6 Å². The summed E-state index contributed by atoms with van der Waals surface area (Å²) < 4.78 is 26.7. The number of nitrogens with one attached hydrogen (secondary N) is 1. The van der Waals surface area contributed by atoms with E-state index in [1.165, 1.54) is 12.5 Å². The lowest BCUT2D eigenvalue weighted by molar-refractivity contribution is -0.271. The first-order chi connectivity index (χ1) is 17.5. The Morgan fingerprint density at radius 2 is 1.59 bits per heavy atom. The van der Waals surface area contributed by atoms with Crippen molar-refractivity contribution in [2.24, 2.45) is 0 Å². The molecule has 0 saturated carbocycles. The van der Waals surface area contributed by atoms with E-state index in [0.29, 0.717) is 31.1 Å². The lowest BCUT2D eigenvalue weighted by atomic mass is 9.91. The second-order valence-corrected chi connectivity index (χ2v) is 11.8. The smallest absolute Gasteiger partial charge is 0.217 e. The Bertz CT molecular complexity index is 1210. The van der Waals surface area contributed by atoms with Gasteiger partial charge in [0.1, 0.15) is 5.82 Å². The minimum Gasteiger partial charge on any atom is -0.348 e. The van der Waals surface area contributed by atoms with Crippen LogP contribution in [0.1, 0.15) is 58.1 Å².